The quantitative estimate of drug-likeness (QED) is 0.581. The van der Waals surface area contributed by atoms with Gasteiger partial charge in [-0.25, -0.2) is 9.37 Å². The third-order valence-corrected chi connectivity index (χ3v) is 6.70. The second kappa shape index (κ2) is 8.77. The van der Waals surface area contributed by atoms with E-state index in [1.54, 1.807) is 6.07 Å². The Bertz CT molecular complexity index is 1120. The number of amides is 1. The Morgan fingerprint density at radius 3 is 2.68 bits per heavy atom. The van der Waals surface area contributed by atoms with Crippen LogP contribution >= 0.6 is 24.8 Å². The average Bonchev–Trinajstić information content (AvgIpc) is 3.30. The molecule has 0 radical (unpaired) electrons. The number of anilines is 1. The van der Waals surface area contributed by atoms with E-state index in [0.717, 1.165) is 60.5 Å². The van der Waals surface area contributed by atoms with Crippen LogP contribution in [0, 0.1) is 24.1 Å². The zero-order valence-corrected chi connectivity index (χ0v) is 19.2. The summed E-state index contributed by atoms with van der Waals surface area (Å²) in [7, 11) is 1.92. The highest BCUT2D eigenvalue weighted by atomic mass is 35.5. The second-order valence-electron chi connectivity index (χ2n) is 8.52. The van der Waals surface area contributed by atoms with Crippen LogP contribution in [0.5, 0.6) is 0 Å². The zero-order chi connectivity index (χ0) is 20.2. The van der Waals surface area contributed by atoms with Crippen LogP contribution in [0.15, 0.2) is 36.4 Å². The molecule has 2 aromatic carbocycles. The lowest BCUT2D eigenvalue weighted by Crippen LogP contribution is -2.31. The van der Waals surface area contributed by atoms with Crippen molar-refractivity contribution in [3.8, 4) is 11.4 Å². The monoisotopic (exact) mass is 464 g/mol. The number of piperidine rings is 1. The normalized spacial score (nSPS) is 18.9. The van der Waals surface area contributed by atoms with Gasteiger partial charge < -0.3 is 15.2 Å². The number of hydrogen-bond donors (Lipinski definition) is 2. The Kier molecular flexibility index (Phi) is 6.65. The van der Waals surface area contributed by atoms with E-state index < -0.39 is 0 Å². The fourth-order valence-corrected chi connectivity index (χ4v) is 4.74. The Labute approximate surface area is 193 Å². The fourth-order valence-electron chi connectivity index (χ4n) is 4.74. The van der Waals surface area contributed by atoms with Crippen LogP contribution in [0.25, 0.3) is 22.4 Å². The van der Waals surface area contributed by atoms with Crippen molar-refractivity contribution < 1.29 is 9.18 Å². The minimum atomic E-state index is -0.296. The number of hydrogen-bond acceptors (Lipinski definition) is 3. The number of rotatable bonds is 3. The summed E-state index contributed by atoms with van der Waals surface area (Å²) in [6.07, 6.45) is 3.16. The number of nitrogens with zero attached hydrogens (tertiary/aromatic N) is 2. The molecule has 1 aliphatic carbocycles. The number of imidazole rings is 1. The Hall–Kier alpha value is -2.15. The molecule has 1 amide bonds. The number of aryl methyl sites for hydroxylation is 2. The van der Waals surface area contributed by atoms with Crippen LogP contribution in [0.2, 0.25) is 0 Å². The van der Waals surface area contributed by atoms with Crippen molar-refractivity contribution in [2.45, 2.75) is 26.2 Å². The van der Waals surface area contributed by atoms with E-state index in [0.29, 0.717) is 5.52 Å². The minimum absolute atomic E-state index is 0. The van der Waals surface area contributed by atoms with Crippen LogP contribution in [0.1, 0.15) is 24.8 Å². The third kappa shape index (κ3) is 4.16. The molecule has 1 atom stereocenters. The summed E-state index contributed by atoms with van der Waals surface area (Å²) in [5, 5.41) is 6.54. The molecular weight excluding hydrogens is 438 g/mol. The van der Waals surface area contributed by atoms with Gasteiger partial charge in [-0.15, -0.1) is 24.8 Å². The number of fused-ring (bicyclic) bond motifs is 1. The summed E-state index contributed by atoms with van der Waals surface area (Å²) in [6.45, 7) is 4.01. The number of nitrogens with one attached hydrogen (secondary N) is 2. The van der Waals surface area contributed by atoms with Gasteiger partial charge in [0.2, 0.25) is 5.91 Å². The molecule has 1 unspecified atom stereocenters. The van der Waals surface area contributed by atoms with Crippen molar-refractivity contribution in [2.75, 3.05) is 18.4 Å². The van der Waals surface area contributed by atoms with Crippen LogP contribution < -0.4 is 10.6 Å². The largest absolute Gasteiger partial charge is 0.327 e. The fraction of sp³-hybridized carbons (Fsp3) is 0.391. The standard InChI is InChI=1S/C23H25FN4O.2ClH/c1-14-3-4-15(21-26-19-12-16(24)5-6-20(19)28(21)2)11-18(14)27-22(29)17-13-23(17)7-9-25-10-8-23;;/h3-6,11-12,17,25H,7-10,13H2,1-2H3,(H,27,29);2*1H. The molecule has 1 aliphatic heterocycles. The molecule has 31 heavy (non-hydrogen) atoms. The molecule has 5 nitrogen and oxygen atoms in total. The SMILES string of the molecule is Cc1ccc(-c2nc3cc(F)ccc3n2C)cc1NC(=O)C1CC12CCNCC2.Cl.Cl. The summed E-state index contributed by atoms with van der Waals surface area (Å²) < 4.78 is 15.5. The molecule has 2 N–H and O–H groups in total. The zero-order valence-electron chi connectivity index (χ0n) is 17.6. The number of benzene rings is 2. The summed E-state index contributed by atoms with van der Waals surface area (Å²) in [4.78, 5) is 17.5. The lowest BCUT2D eigenvalue weighted by atomic mass is 9.91. The average molecular weight is 465 g/mol. The third-order valence-electron chi connectivity index (χ3n) is 6.70. The van der Waals surface area contributed by atoms with Gasteiger partial charge in [0, 0.05) is 30.3 Å². The van der Waals surface area contributed by atoms with Crippen LogP contribution in [0.3, 0.4) is 0 Å². The van der Waals surface area contributed by atoms with E-state index >= 15 is 0 Å². The molecule has 1 spiro atoms. The van der Waals surface area contributed by atoms with Gasteiger partial charge in [-0.05, 0) is 68.5 Å². The van der Waals surface area contributed by atoms with Crippen molar-refractivity contribution in [1.29, 1.82) is 0 Å². The first kappa shape index (κ1) is 23.5. The Balaban J connectivity index is 0.00000136. The number of carbonyl (C=O) groups is 1. The second-order valence-corrected chi connectivity index (χ2v) is 8.52. The molecule has 8 heteroatoms. The van der Waals surface area contributed by atoms with Gasteiger partial charge in [0.25, 0.3) is 0 Å². The first-order valence-electron chi connectivity index (χ1n) is 10.2. The number of halogens is 3. The van der Waals surface area contributed by atoms with E-state index in [1.165, 1.54) is 12.1 Å². The van der Waals surface area contributed by atoms with Gasteiger partial charge in [0.05, 0.1) is 11.0 Å². The molecule has 2 fully saturated rings. The van der Waals surface area contributed by atoms with E-state index in [4.69, 9.17) is 0 Å². The van der Waals surface area contributed by atoms with Gasteiger partial charge in [-0.3, -0.25) is 4.79 Å². The van der Waals surface area contributed by atoms with Gasteiger partial charge >= 0.3 is 0 Å². The van der Waals surface area contributed by atoms with Crippen molar-refractivity contribution in [2.24, 2.45) is 18.4 Å². The lowest BCUT2D eigenvalue weighted by Gasteiger charge is -2.23. The smallest absolute Gasteiger partial charge is 0.228 e. The molecule has 1 saturated heterocycles. The summed E-state index contributed by atoms with van der Waals surface area (Å²) in [6, 6.07) is 10.6. The van der Waals surface area contributed by atoms with E-state index in [1.807, 2.05) is 36.7 Å². The van der Waals surface area contributed by atoms with E-state index in [-0.39, 0.29) is 47.9 Å². The molecule has 166 valence electrons. The first-order chi connectivity index (χ1) is 14.0. The highest BCUT2D eigenvalue weighted by Gasteiger charge is 2.57. The first-order valence-corrected chi connectivity index (χ1v) is 10.2. The van der Waals surface area contributed by atoms with Gasteiger partial charge in [-0.1, -0.05) is 12.1 Å². The van der Waals surface area contributed by atoms with Crippen LogP contribution in [-0.2, 0) is 11.8 Å². The van der Waals surface area contributed by atoms with Crippen molar-refractivity contribution >= 4 is 47.4 Å². The summed E-state index contributed by atoms with van der Waals surface area (Å²) in [5.74, 6) is 0.697. The maximum atomic E-state index is 13.6. The minimum Gasteiger partial charge on any atom is -0.327 e. The highest BCUT2D eigenvalue weighted by Crippen LogP contribution is 2.58. The number of carbonyl (C=O) groups excluding carboxylic acids is 1. The lowest BCUT2D eigenvalue weighted by molar-refractivity contribution is -0.118. The van der Waals surface area contributed by atoms with E-state index in [2.05, 4.69) is 15.6 Å². The molecule has 1 aromatic heterocycles. The molecule has 2 aliphatic rings. The predicted molar refractivity (Wildman–Crippen MR) is 127 cm³/mol. The topological polar surface area (TPSA) is 59.0 Å². The Morgan fingerprint density at radius 2 is 1.94 bits per heavy atom. The van der Waals surface area contributed by atoms with Crippen molar-refractivity contribution in [3.05, 3.63) is 47.8 Å². The van der Waals surface area contributed by atoms with E-state index in [9.17, 15) is 9.18 Å². The highest BCUT2D eigenvalue weighted by molar-refractivity contribution is 5.96. The molecule has 3 aromatic rings. The van der Waals surface area contributed by atoms with Gasteiger partial charge in [0.15, 0.2) is 0 Å². The van der Waals surface area contributed by atoms with Gasteiger partial charge in [0.1, 0.15) is 11.6 Å². The van der Waals surface area contributed by atoms with Crippen LogP contribution in [0.4, 0.5) is 10.1 Å². The molecule has 0 bridgehead atoms. The number of aromatic nitrogens is 2. The van der Waals surface area contributed by atoms with Crippen molar-refractivity contribution in [3.63, 3.8) is 0 Å². The molecule has 1 saturated carbocycles. The Morgan fingerprint density at radius 1 is 1.19 bits per heavy atom. The molecule has 5 rings (SSSR count). The maximum absolute atomic E-state index is 13.6. The van der Waals surface area contributed by atoms with Gasteiger partial charge in [-0.2, -0.15) is 0 Å². The summed E-state index contributed by atoms with van der Waals surface area (Å²) >= 11 is 0. The van der Waals surface area contributed by atoms with Crippen molar-refractivity contribution in [1.82, 2.24) is 14.9 Å². The predicted octanol–water partition coefficient (Wildman–Crippen LogP) is 4.86. The van der Waals surface area contributed by atoms with Crippen LogP contribution in [-0.4, -0.2) is 28.5 Å². The molecular formula is C23H27Cl2FN4O. The summed E-state index contributed by atoms with van der Waals surface area (Å²) in [5.41, 5.74) is 4.45. The maximum Gasteiger partial charge on any atom is 0.228 e. The molecule has 2 heterocycles.